The maximum Gasteiger partial charge on any atom is 0.336 e. The van der Waals surface area contributed by atoms with Crippen LogP contribution >= 0.6 is 0 Å². The largest absolute Gasteiger partial charge is 0.423 e. The van der Waals surface area contributed by atoms with Crippen molar-refractivity contribution < 1.29 is 14.3 Å². The van der Waals surface area contributed by atoms with E-state index in [0.29, 0.717) is 18.0 Å². The van der Waals surface area contributed by atoms with Gasteiger partial charge in [-0.1, -0.05) is 27.7 Å². The number of allylic oxidation sites excluding steroid dienone is 2. The summed E-state index contributed by atoms with van der Waals surface area (Å²) in [4.78, 5) is 23.9. The van der Waals surface area contributed by atoms with Gasteiger partial charge in [0, 0.05) is 28.9 Å². The molecule has 0 aromatic rings. The Bertz CT molecular complexity index is 528. The Balaban J connectivity index is 2.24. The van der Waals surface area contributed by atoms with Gasteiger partial charge in [0.05, 0.1) is 0 Å². The molecule has 1 saturated carbocycles. The molecule has 0 bridgehead atoms. The molecule has 3 heteroatoms. The molecule has 3 aliphatic rings. The van der Waals surface area contributed by atoms with Crippen LogP contribution in [0.3, 0.4) is 0 Å². The number of fused-ring (bicyclic) bond motifs is 2. The van der Waals surface area contributed by atoms with Crippen LogP contribution in [0, 0.1) is 22.7 Å². The van der Waals surface area contributed by atoms with Gasteiger partial charge in [-0.15, -0.1) is 0 Å². The van der Waals surface area contributed by atoms with E-state index < -0.39 is 5.41 Å². The predicted octanol–water partition coefficient (Wildman–Crippen LogP) is 2.62. The van der Waals surface area contributed by atoms with E-state index in [9.17, 15) is 9.59 Å². The van der Waals surface area contributed by atoms with Crippen LogP contribution in [0.25, 0.3) is 0 Å². The highest BCUT2D eigenvalue weighted by Crippen LogP contribution is 2.63. The van der Waals surface area contributed by atoms with E-state index in [-0.39, 0.29) is 23.2 Å². The topological polar surface area (TPSA) is 43.4 Å². The molecular weight excluding hydrogens is 228 g/mol. The second-order valence-electron chi connectivity index (χ2n) is 6.26. The van der Waals surface area contributed by atoms with Crippen molar-refractivity contribution in [3.63, 3.8) is 0 Å². The highest BCUT2D eigenvalue weighted by atomic mass is 16.5. The van der Waals surface area contributed by atoms with Crippen LogP contribution in [0.15, 0.2) is 23.5 Å². The Morgan fingerprint density at radius 3 is 2.61 bits per heavy atom. The minimum absolute atomic E-state index is 0.0337. The predicted molar refractivity (Wildman–Crippen MR) is 66.4 cm³/mol. The number of hydrogen-bond donors (Lipinski definition) is 0. The molecule has 3 nitrogen and oxygen atoms in total. The van der Waals surface area contributed by atoms with Crippen LogP contribution < -0.4 is 0 Å². The summed E-state index contributed by atoms with van der Waals surface area (Å²) >= 11 is 0. The first kappa shape index (κ1) is 11.7. The summed E-state index contributed by atoms with van der Waals surface area (Å²) in [6.07, 6.45) is 4.17. The average molecular weight is 246 g/mol. The van der Waals surface area contributed by atoms with Crippen molar-refractivity contribution in [2.24, 2.45) is 22.7 Å². The van der Waals surface area contributed by atoms with Gasteiger partial charge in [-0.2, -0.15) is 0 Å². The van der Waals surface area contributed by atoms with Crippen molar-refractivity contribution in [2.75, 3.05) is 0 Å². The average Bonchev–Trinajstić information content (AvgIpc) is 2.72. The van der Waals surface area contributed by atoms with Crippen LogP contribution in [-0.2, 0) is 14.3 Å². The zero-order valence-corrected chi connectivity index (χ0v) is 11.2. The Labute approximate surface area is 107 Å². The molecule has 96 valence electrons. The molecule has 3 rings (SSSR count). The van der Waals surface area contributed by atoms with Crippen molar-refractivity contribution in [3.8, 4) is 0 Å². The van der Waals surface area contributed by atoms with Crippen molar-refractivity contribution >= 4 is 11.8 Å². The number of esters is 1. The lowest BCUT2D eigenvalue weighted by molar-refractivity contribution is -0.132. The zero-order chi connectivity index (χ0) is 13.3. The van der Waals surface area contributed by atoms with E-state index in [0.717, 1.165) is 5.57 Å². The fraction of sp³-hybridized carbons (Fsp3) is 0.600. The number of Topliss-reactive ketones (excluding diaryl/α,β-unsaturated/α-hetero) is 1. The molecule has 18 heavy (non-hydrogen) atoms. The van der Waals surface area contributed by atoms with Crippen molar-refractivity contribution in [2.45, 2.75) is 34.1 Å². The van der Waals surface area contributed by atoms with Crippen LogP contribution in [0.4, 0.5) is 0 Å². The summed E-state index contributed by atoms with van der Waals surface area (Å²) < 4.78 is 5.26. The molecule has 0 aromatic carbocycles. The summed E-state index contributed by atoms with van der Waals surface area (Å²) in [5.74, 6) is 0.988. The minimum atomic E-state index is -0.421. The first-order valence-corrected chi connectivity index (χ1v) is 6.50. The summed E-state index contributed by atoms with van der Waals surface area (Å²) in [5.41, 5.74) is 0.249. The van der Waals surface area contributed by atoms with Gasteiger partial charge >= 0.3 is 5.97 Å². The van der Waals surface area contributed by atoms with Crippen molar-refractivity contribution in [3.05, 3.63) is 23.5 Å². The van der Waals surface area contributed by atoms with E-state index in [1.54, 1.807) is 0 Å². The van der Waals surface area contributed by atoms with Crippen molar-refractivity contribution in [1.82, 2.24) is 0 Å². The molecule has 1 heterocycles. The maximum absolute atomic E-state index is 12.4. The van der Waals surface area contributed by atoms with Gasteiger partial charge < -0.3 is 4.74 Å². The molecule has 0 N–H and O–H groups in total. The number of hydrogen-bond acceptors (Lipinski definition) is 3. The second kappa shape index (κ2) is 3.14. The van der Waals surface area contributed by atoms with Gasteiger partial charge in [0.2, 0.25) is 0 Å². The molecule has 0 aromatic heterocycles. The van der Waals surface area contributed by atoms with Crippen LogP contribution in [0.2, 0.25) is 0 Å². The first-order chi connectivity index (χ1) is 8.30. The lowest BCUT2D eigenvalue weighted by Gasteiger charge is -2.47. The molecule has 0 unspecified atom stereocenters. The normalized spacial score (nSPS) is 46.2. The highest BCUT2D eigenvalue weighted by Gasteiger charge is 2.63. The number of ether oxygens (including phenoxy) is 1. The Morgan fingerprint density at radius 2 is 1.94 bits per heavy atom. The molecule has 2 aliphatic carbocycles. The second-order valence-corrected chi connectivity index (χ2v) is 6.26. The smallest absolute Gasteiger partial charge is 0.336 e. The number of carbonyl (C=O) groups excluding carboxylic acids is 2. The fourth-order valence-electron chi connectivity index (χ4n) is 3.94. The van der Waals surface area contributed by atoms with E-state index in [1.165, 1.54) is 6.08 Å². The molecule has 4 atom stereocenters. The van der Waals surface area contributed by atoms with Gasteiger partial charge in [-0.25, -0.2) is 4.79 Å². The summed E-state index contributed by atoms with van der Waals surface area (Å²) in [6, 6.07) is 0. The monoisotopic (exact) mass is 246 g/mol. The highest BCUT2D eigenvalue weighted by molar-refractivity contribution is 5.93. The fourth-order valence-corrected chi connectivity index (χ4v) is 3.94. The SMILES string of the molecule is C[C@@H]1CC(=O)[C@@]2(C)[C@H](C)C3=CC(=O)OC3=C[C@@]12C. The van der Waals surface area contributed by atoms with Crippen LogP contribution in [0.1, 0.15) is 34.1 Å². The minimum Gasteiger partial charge on any atom is -0.423 e. The maximum atomic E-state index is 12.4. The van der Waals surface area contributed by atoms with Gasteiger partial charge in [0.25, 0.3) is 0 Å². The quantitative estimate of drug-likeness (QED) is 0.617. The van der Waals surface area contributed by atoms with Gasteiger partial charge in [0.1, 0.15) is 11.5 Å². The third-order valence-electron chi connectivity index (χ3n) is 5.75. The van der Waals surface area contributed by atoms with Crippen LogP contribution in [-0.4, -0.2) is 11.8 Å². The third-order valence-corrected chi connectivity index (χ3v) is 5.75. The molecule has 0 spiro atoms. The summed E-state index contributed by atoms with van der Waals surface area (Å²) in [7, 11) is 0. The standard InChI is InChI=1S/C15H18O3/c1-8-5-12(16)15(4)9(2)10-6-13(17)18-11(10)7-14(8,15)3/h6-9H,5H2,1-4H3/t8-,9-,14+,15-/m1/s1. The molecular formula is C15H18O3. The number of carbonyl (C=O) groups is 2. The lowest BCUT2D eigenvalue weighted by atomic mass is 9.54. The summed E-state index contributed by atoms with van der Waals surface area (Å²) in [6.45, 7) is 8.31. The van der Waals surface area contributed by atoms with E-state index >= 15 is 0 Å². The van der Waals surface area contributed by atoms with E-state index in [2.05, 4.69) is 13.8 Å². The van der Waals surface area contributed by atoms with E-state index in [4.69, 9.17) is 4.74 Å². The third kappa shape index (κ3) is 1.06. The zero-order valence-electron chi connectivity index (χ0n) is 11.2. The number of rotatable bonds is 0. The lowest BCUT2D eigenvalue weighted by Crippen LogP contribution is -2.46. The molecule has 0 radical (unpaired) electrons. The molecule has 0 amide bonds. The number of ketones is 1. The summed E-state index contributed by atoms with van der Waals surface area (Å²) in [5, 5.41) is 0. The Morgan fingerprint density at radius 1 is 1.28 bits per heavy atom. The Hall–Kier alpha value is -1.38. The first-order valence-electron chi connectivity index (χ1n) is 6.50. The van der Waals surface area contributed by atoms with Gasteiger partial charge in [-0.05, 0) is 17.9 Å². The molecule has 1 fully saturated rings. The van der Waals surface area contributed by atoms with E-state index in [1.807, 2.05) is 19.9 Å². The van der Waals surface area contributed by atoms with Gasteiger partial charge in [-0.3, -0.25) is 4.79 Å². The van der Waals surface area contributed by atoms with Crippen molar-refractivity contribution in [1.29, 1.82) is 0 Å². The Kier molecular flexibility index (Phi) is 2.04. The van der Waals surface area contributed by atoms with Gasteiger partial charge in [0.15, 0.2) is 0 Å². The molecule has 0 saturated heterocycles. The van der Waals surface area contributed by atoms with Crippen LogP contribution in [0.5, 0.6) is 0 Å². The molecule has 1 aliphatic heterocycles.